The third-order valence-electron chi connectivity index (χ3n) is 2.37. The van der Waals surface area contributed by atoms with E-state index in [0.717, 1.165) is 5.69 Å². The average molecular weight is 250 g/mol. The number of aryl methyl sites for hydroxylation is 1. The molecule has 6 heteroatoms. The van der Waals surface area contributed by atoms with Crippen LogP contribution in [-0.4, -0.2) is 50.5 Å². The van der Waals surface area contributed by atoms with Crippen LogP contribution in [0.25, 0.3) is 0 Å². The molecule has 6 nitrogen and oxygen atoms in total. The quantitative estimate of drug-likeness (QED) is 0.711. The van der Waals surface area contributed by atoms with Gasteiger partial charge in [0.1, 0.15) is 11.8 Å². The van der Waals surface area contributed by atoms with Gasteiger partial charge >= 0.3 is 0 Å². The van der Waals surface area contributed by atoms with Crippen LogP contribution < -0.4 is 4.90 Å². The predicted octanol–water partition coefficient (Wildman–Crippen LogP) is 0.756. The molecule has 0 unspecified atom stereocenters. The molecule has 1 aromatic rings. The van der Waals surface area contributed by atoms with Gasteiger partial charge in [0, 0.05) is 33.0 Å². The molecule has 0 N–H and O–H groups in total. The molecule has 0 saturated carbocycles. The molecule has 1 rings (SSSR count). The molecule has 0 aliphatic heterocycles. The molecule has 0 radical (unpaired) electrons. The topological polar surface area (TPSA) is 71.3 Å². The van der Waals surface area contributed by atoms with E-state index in [0.29, 0.717) is 37.9 Å². The van der Waals surface area contributed by atoms with Gasteiger partial charge in [0.25, 0.3) is 0 Å². The Bertz CT molecular complexity index is 409. The van der Waals surface area contributed by atoms with Gasteiger partial charge < -0.3 is 14.4 Å². The minimum Gasteiger partial charge on any atom is -0.383 e. The van der Waals surface area contributed by atoms with Gasteiger partial charge in [-0.15, -0.1) is 0 Å². The van der Waals surface area contributed by atoms with Crippen molar-refractivity contribution < 1.29 is 9.47 Å². The Balaban J connectivity index is 2.89. The summed E-state index contributed by atoms with van der Waals surface area (Å²) >= 11 is 0. The van der Waals surface area contributed by atoms with Gasteiger partial charge in [-0.25, -0.2) is 9.97 Å². The molecule has 18 heavy (non-hydrogen) atoms. The van der Waals surface area contributed by atoms with Crippen molar-refractivity contribution in [3.63, 3.8) is 0 Å². The summed E-state index contributed by atoms with van der Waals surface area (Å²) in [4.78, 5) is 10.5. The van der Waals surface area contributed by atoms with Crippen LogP contribution in [0.1, 0.15) is 11.4 Å². The second-order valence-corrected chi connectivity index (χ2v) is 3.78. The number of rotatable bonds is 7. The van der Waals surface area contributed by atoms with Crippen LogP contribution >= 0.6 is 0 Å². The van der Waals surface area contributed by atoms with Crippen molar-refractivity contribution in [2.45, 2.75) is 6.92 Å². The van der Waals surface area contributed by atoms with Crippen LogP contribution in [-0.2, 0) is 9.47 Å². The minimum absolute atomic E-state index is 0.373. The minimum atomic E-state index is 0.373. The molecular formula is C12H18N4O2. The van der Waals surface area contributed by atoms with E-state index in [9.17, 15) is 0 Å². The summed E-state index contributed by atoms with van der Waals surface area (Å²) in [6, 6.07) is 3.70. The molecule has 0 bridgehead atoms. The van der Waals surface area contributed by atoms with E-state index in [4.69, 9.17) is 14.7 Å². The van der Waals surface area contributed by atoms with Crippen LogP contribution in [0.15, 0.2) is 6.07 Å². The van der Waals surface area contributed by atoms with E-state index in [2.05, 4.69) is 9.97 Å². The Morgan fingerprint density at radius 1 is 1.22 bits per heavy atom. The number of hydrogen-bond acceptors (Lipinski definition) is 6. The molecule has 0 amide bonds. The Morgan fingerprint density at radius 2 is 1.83 bits per heavy atom. The SMILES string of the molecule is COCCN(CCOC)c1nc(C)cc(C#N)n1. The van der Waals surface area contributed by atoms with Crippen molar-refractivity contribution in [1.82, 2.24) is 9.97 Å². The maximum atomic E-state index is 8.91. The summed E-state index contributed by atoms with van der Waals surface area (Å²) in [6.45, 7) is 4.31. The summed E-state index contributed by atoms with van der Waals surface area (Å²) in [5, 5.41) is 8.91. The number of ether oxygens (including phenoxy) is 2. The fourth-order valence-corrected chi connectivity index (χ4v) is 1.47. The summed E-state index contributed by atoms with van der Waals surface area (Å²) in [5.41, 5.74) is 1.15. The molecule has 0 aliphatic carbocycles. The number of methoxy groups -OCH3 is 2. The van der Waals surface area contributed by atoms with Crippen LogP contribution in [0.4, 0.5) is 5.95 Å². The predicted molar refractivity (Wildman–Crippen MR) is 67.4 cm³/mol. The molecule has 0 aliphatic rings. The first kappa shape index (κ1) is 14.4. The number of hydrogen-bond donors (Lipinski definition) is 0. The third kappa shape index (κ3) is 4.28. The second kappa shape index (κ2) is 7.58. The lowest BCUT2D eigenvalue weighted by Crippen LogP contribution is -2.32. The lowest BCUT2D eigenvalue weighted by molar-refractivity contribution is 0.189. The van der Waals surface area contributed by atoms with Crippen molar-refractivity contribution in [1.29, 1.82) is 5.26 Å². The normalized spacial score (nSPS) is 10.1. The molecule has 1 aromatic heterocycles. The first-order valence-corrected chi connectivity index (χ1v) is 5.70. The molecule has 1 heterocycles. The van der Waals surface area contributed by atoms with Gasteiger partial charge in [0.05, 0.1) is 13.2 Å². The Hall–Kier alpha value is -1.71. The highest BCUT2D eigenvalue weighted by Gasteiger charge is 2.11. The zero-order valence-corrected chi connectivity index (χ0v) is 11.0. The highest BCUT2D eigenvalue weighted by molar-refractivity contribution is 5.35. The monoisotopic (exact) mass is 250 g/mol. The van der Waals surface area contributed by atoms with E-state index in [-0.39, 0.29) is 0 Å². The lowest BCUT2D eigenvalue weighted by Gasteiger charge is -2.22. The van der Waals surface area contributed by atoms with Gasteiger partial charge in [-0.2, -0.15) is 5.26 Å². The zero-order chi connectivity index (χ0) is 13.4. The summed E-state index contributed by atoms with van der Waals surface area (Å²) < 4.78 is 10.1. The number of nitriles is 1. The second-order valence-electron chi connectivity index (χ2n) is 3.78. The Morgan fingerprint density at radius 3 is 2.33 bits per heavy atom. The van der Waals surface area contributed by atoms with E-state index < -0.39 is 0 Å². The third-order valence-corrected chi connectivity index (χ3v) is 2.37. The van der Waals surface area contributed by atoms with Crippen molar-refractivity contribution in [2.75, 3.05) is 45.4 Å². The molecule has 0 atom stereocenters. The molecular weight excluding hydrogens is 232 g/mol. The Kier molecular flexibility index (Phi) is 6.05. The molecule has 0 fully saturated rings. The maximum absolute atomic E-state index is 8.91. The Labute approximate surface area is 107 Å². The summed E-state index contributed by atoms with van der Waals surface area (Å²) in [7, 11) is 3.29. The van der Waals surface area contributed by atoms with Crippen molar-refractivity contribution >= 4 is 5.95 Å². The number of nitrogens with zero attached hydrogens (tertiary/aromatic N) is 4. The first-order valence-electron chi connectivity index (χ1n) is 5.70. The van der Waals surface area contributed by atoms with Crippen LogP contribution in [0.3, 0.4) is 0 Å². The van der Waals surface area contributed by atoms with Crippen LogP contribution in [0, 0.1) is 18.3 Å². The van der Waals surface area contributed by atoms with E-state index in [1.165, 1.54) is 0 Å². The molecule has 98 valence electrons. The van der Waals surface area contributed by atoms with Gasteiger partial charge in [-0.05, 0) is 13.0 Å². The molecule has 0 aromatic carbocycles. The fraction of sp³-hybridized carbons (Fsp3) is 0.583. The lowest BCUT2D eigenvalue weighted by atomic mass is 10.3. The molecule has 0 spiro atoms. The summed E-state index contributed by atoms with van der Waals surface area (Å²) in [6.07, 6.45) is 0. The standard InChI is InChI=1S/C12H18N4O2/c1-10-8-11(9-13)15-12(14-10)16(4-6-17-2)5-7-18-3/h8H,4-7H2,1-3H3. The van der Waals surface area contributed by atoms with Gasteiger partial charge in [0.15, 0.2) is 0 Å². The van der Waals surface area contributed by atoms with Crippen LogP contribution in [0.5, 0.6) is 0 Å². The largest absolute Gasteiger partial charge is 0.383 e. The van der Waals surface area contributed by atoms with Crippen LogP contribution in [0.2, 0.25) is 0 Å². The highest BCUT2D eigenvalue weighted by Crippen LogP contribution is 2.09. The zero-order valence-electron chi connectivity index (χ0n) is 11.0. The average Bonchev–Trinajstić information content (AvgIpc) is 2.38. The summed E-state index contributed by atoms with van der Waals surface area (Å²) in [5.74, 6) is 0.542. The van der Waals surface area contributed by atoms with Gasteiger partial charge in [-0.1, -0.05) is 0 Å². The van der Waals surface area contributed by atoms with Crippen molar-refractivity contribution in [2.24, 2.45) is 0 Å². The highest BCUT2D eigenvalue weighted by atomic mass is 16.5. The number of aromatic nitrogens is 2. The first-order chi connectivity index (χ1) is 8.71. The fourth-order valence-electron chi connectivity index (χ4n) is 1.47. The van der Waals surface area contributed by atoms with E-state index >= 15 is 0 Å². The number of anilines is 1. The maximum Gasteiger partial charge on any atom is 0.226 e. The van der Waals surface area contributed by atoms with E-state index in [1.54, 1.807) is 20.3 Å². The van der Waals surface area contributed by atoms with Gasteiger partial charge in [-0.3, -0.25) is 0 Å². The van der Waals surface area contributed by atoms with Crippen molar-refractivity contribution in [3.8, 4) is 6.07 Å². The van der Waals surface area contributed by atoms with Crippen molar-refractivity contribution in [3.05, 3.63) is 17.5 Å². The smallest absolute Gasteiger partial charge is 0.226 e. The molecule has 0 saturated heterocycles. The van der Waals surface area contributed by atoms with Gasteiger partial charge in [0.2, 0.25) is 5.95 Å². The van der Waals surface area contributed by atoms with E-state index in [1.807, 2.05) is 17.9 Å².